The number of carboxylic acid groups (broad SMARTS) is 1. The van der Waals surface area contributed by atoms with Gasteiger partial charge in [0.25, 0.3) is 0 Å². The van der Waals surface area contributed by atoms with Crippen LogP contribution >= 0.6 is 0 Å². The molecule has 0 unspecified atom stereocenters. The molecular weight excluding hydrogens is 242 g/mol. The zero-order chi connectivity index (χ0) is 14.0. The molecule has 5 heteroatoms. The number of nitrogens with two attached hydrogens (primary N) is 1. The first kappa shape index (κ1) is 13.3. The number of aromatic carboxylic acids is 1. The van der Waals surface area contributed by atoms with Gasteiger partial charge in [-0.05, 0) is 18.9 Å². The van der Waals surface area contributed by atoms with Crippen molar-refractivity contribution in [2.24, 2.45) is 12.8 Å². The molecule has 2 rings (SSSR count). The Bertz CT molecular complexity index is 590. The van der Waals surface area contributed by atoms with Crippen molar-refractivity contribution in [3.63, 3.8) is 0 Å². The van der Waals surface area contributed by atoms with Crippen LogP contribution in [0, 0.1) is 6.92 Å². The van der Waals surface area contributed by atoms with Gasteiger partial charge in [0.15, 0.2) is 5.69 Å². The summed E-state index contributed by atoms with van der Waals surface area (Å²) in [4.78, 5) is 15.2. The van der Waals surface area contributed by atoms with Gasteiger partial charge in [-0.25, -0.2) is 9.78 Å². The summed E-state index contributed by atoms with van der Waals surface area (Å²) in [6, 6.07) is 9.52. The third-order valence-electron chi connectivity index (χ3n) is 3.25. The Morgan fingerprint density at radius 1 is 1.42 bits per heavy atom. The average Bonchev–Trinajstić information content (AvgIpc) is 2.68. The van der Waals surface area contributed by atoms with Crippen molar-refractivity contribution < 1.29 is 9.90 Å². The third kappa shape index (κ3) is 2.66. The van der Waals surface area contributed by atoms with E-state index in [1.54, 1.807) is 18.5 Å². The lowest BCUT2D eigenvalue weighted by atomic mass is 10.1. The number of imidazole rings is 1. The Hall–Kier alpha value is -2.14. The van der Waals surface area contributed by atoms with Crippen molar-refractivity contribution in [2.45, 2.75) is 19.4 Å². The van der Waals surface area contributed by atoms with E-state index >= 15 is 0 Å². The second-order valence-electron chi connectivity index (χ2n) is 4.56. The van der Waals surface area contributed by atoms with E-state index in [4.69, 9.17) is 10.8 Å². The molecule has 0 saturated carbocycles. The van der Waals surface area contributed by atoms with E-state index in [1.165, 1.54) is 0 Å². The molecule has 2 aromatic rings. The maximum atomic E-state index is 11.1. The zero-order valence-corrected chi connectivity index (χ0v) is 11.0. The highest BCUT2D eigenvalue weighted by Gasteiger charge is 2.20. The Balaban J connectivity index is 2.27. The SMILES string of the molecule is Cc1c(C(=O)O)nc([C@@H](N)Cc2ccccc2)n1C. The van der Waals surface area contributed by atoms with Crippen LogP contribution in [0.25, 0.3) is 0 Å². The molecule has 0 bridgehead atoms. The molecular formula is C14H17N3O2. The van der Waals surface area contributed by atoms with Crippen molar-refractivity contribution in [3.8, 4) is 0 Å². The van der Waals surface area contributed by atoms with Crippen molar-refractivity contribution in [1.82, 2.24) is 9.55 Å². The molecule has 0 amide bonds. The Kier molecular flexibility index (Phi) is 3.66. The normalized spacial score (nSPS) is 12.4. The molecule has 3 N–H and O–H groups in total. The number of carbonyl (C=O) groups is 1. The van der Waals surface area contributed by atoms with Gasteiger partial charge in [-0.1, -0.05) is 30.3 Å². The van der Waals surface area contributed by atoms with Gasteiger partial charge in [0.05, 0.1) is 6.04 Å². The first-order valence-corrected chi connectivity index (χ1v) is 6.06. The molecule has 0 aliphatic heterocycles. The van der Waals surface area contributed by atoms with E-state index in [2.05, 4.69) is 4.98 Å². The first-order chi connectivity index (χ1) is 9.00. The average molecular weight is 259 g/mol. The van der Waals surface area contributed by atoms with E-state index in [0.29, 0.717) is 17.9 Å². The van der Waals surface area contributed by atoms with Gasteiger partial charge in [0.2, 0.25) is 0 Å². The quantitative estimate of drug-likeness (QED) is 0.875. The number of rotatable bonds is 4. The maximum Gasteiger partial charge on any atom is 0.356 e. The number of aromatic nitrogens is 2. The molecule has 0 radical (unpaired) electrons. The van der Waals surface area contributed by atoms with Crippen LogP contribution in [-0.2, 0) is 13.5 Å². The second kappa shape index (κ2) is 5.24. The lowest BCUT2D eigenvalue weighted by molar-refractivity contribution is 0.0690. The molecule has 0 spiro atoms. The summed E-state index contributed by atoms with van der Waals surface area (Å²) in [7, 11) is 1.79. The smallest absolute Gasteiger partial charge is 0.356 e. The molecule has 5 nitrogen and oxygen atoms in total. The van der Waals surface area contributed by atoms with Gasteiger partial charge in [0.1, 0.15) is 5.82 Å². The Morgan fingerprint density at radius 3 is 2.58 bits per heavy atom. The van der Waals surface area contributed by atoms with E-state index < -0.39 is 5.97 Å². The monoisotopic (exact) mass is 259 g/mol. The van der Waals surface area contributed by atoms with Crippen LogP contribution in [0.4, 0.5) is 0 Å². The summed E-state index contributed by atoms with van der Waals surface area (Å²) in [5.41, 5.74) is 7.93. The van der Waals surface area contributed by atoms with Crippen LogP contribution in [0.2, 0.25) is 0 Å². The topological polar surface area (TPSA) is 81.1 Å². The highest BCUT2D eigenvalue weighted by molar-refractivity contribution is 5.86. The van der Waals surface area contributed by atoms with Crippen molar-refractivity contribution in [1.29, 1.82) is 0 Å². The minimum Gasteiger partial charge on any atom is -0.476 e. The highest BCUT2D eigenvalue weighted by atomic mass is 16.4. The molecule has 100 valence electrons. The van der Waals surface area contributed by atoms with Crippen LogP contribution in [0.3, 0.4) is 0 Å². The van der Waals surface area contributed by atoms with Gasteiger partial charge in [-0.2, -0.15) is 0 Å². The zero-order valence-electron chi connectivity index (χ0n) is 11.0. The molecule has 1 aromatic carbocycles. The Labute approximate surface area is 111 Å². The lowest BCUT2D eigenvalue weighted by Crippen LogP contribution is -2.18. The summed E-state index contributed by atoms with van der Waals surface area (Å²) >= 11 is 0. The predicted molar refractivity (Wildman–Crippen MR) is 72.0 cm³/mol. The highest BCUT2D eigenvalue weighted by Crippen LogP contribution is 2.18. The van der Waals surface area contributed by atoms with Gasteiger partial charge < -0.3 is 15.4 Å². The third-order valence-corrected chi connectivity index (χ3v) is 3.25. The summed E-state index contributed by atoms with van der Waals surface area (Å²) in [5.74, 6) is -0.426. The number of carboxylic acids is 1. The molecule has 1 heterocycles. The molecule has 0 aliphatic rings. The number of hydrogen-bond donors (Lipinski definition) is 2. The van der Waals surface area contributed by atoms with Crippen molar-refractivity contribution >= 4 is 5.97 Å². The van der Waals surface area contributed by atoms with Gasteiger partial charge in [-0.15, -0.1) is 0 Å². The van der Waals surface area contributed by atoms with E-state index in [1.807, 2.05) is 30.3 Å². The summed E-state index contributed by atoms with van der Waals surface area (Å²) in [6.45, 7) is 1.73. The summed E-state index contributed by atoms with van der Waals surface area (Å²) in [5, 5.41) is 9.06. The minimum absolute atomic E-state index is 0.0704. The van der Waals surface area contributed by atoms with E-state index in [9.17, 15) is 4.79 Å². The van der Waals surface area contributed by atoms with Crippen LogP contribution in [0.5, 0.6) is 0 Å². The van der Waals surface area contributed by atoms with Crippen LogP contribution in [-0.4, -0.2) is 20.6 Å². The van der Waals surface area contributed by atoms with Gasteiger partial charge in [-0.3, -0.25) is 0 Å². The van der Waals surface area contributed by atoms with Crippen LogP contribution in [0.1, 0.15) is 33.6 Å². The fraction of sp³-hybridized carbons (Fsp3) is 0.286. The van der Waals surface area contributed by atoms with Crippen molar-refractivity contribution in [3.05, 3.63) is 53.1 Å². The standard InChI is InChI=1S/C14H17N3O2/c1-9-12(14(18)19)16-13(17(9)2)11(15)8-10-6-4-3-5-7-10/h3-7,11H,8,15H2,1-2H3,(H,18,19)/t11-/m0/s1. The second-order valence-corrected chi connectivity index (χ2v) is 4.56. The fourth-order valence-electron chi connectivity index (χ4n) is 2.09. The number of benzene rings is 1. The number of nitrogens with zero attached hydrogens (tertiary/aromatic N) is 2. The van der Waals surface area contributed by atoms with Crippen LogP contribution in [0.15, 0.2) is 30.3 Å². The molecule has 0 fully saturated rings. The molecule has 1 aromatic heterocycles. The number of hydrogen-bond acceptors (Lipinski definition) is 3. The van der Waals surface area contributed by atoms with Crippen LogP contribution < -0.4 is 5.73 Å². The minimum atomic E-state index is -1.02. The lowest BCUT2D eigenvalue weighted by Gasteiger charge is -2.12. The molecule has 0 aliphatic carbocycles. The van der Waals surface area contributed by atoms with Gasteiger partial charge >= 0.3 is 5.97 Å². The largest absolute Gasteiger partial charge is 0.476 e. The van der Waals surface area contributed by atoms with E-state index in [0.717, 1.165) is 5.56 Å². The molecule has 0 saturated heterocycles. The van der Waals surface area contributed by atoms with Crippen molar-refractivity contribution in [2.75, 3.05) is 0 Å². The van der Waals surface area contributed by atoms with E-state index in [-0.39, 0.29) is 11.7 Å². The molecule has 1 atom stereocenters. The first-order valence-electron chi connectivity index (χ1n) is 6.06. The maximum absolute atomic E-state index is 11.1. The fourth-order valence-corrected chi connectivity index (χ4v) is 2.09. The predicted octanol–water partition coefficient (Wildman–Crippen LogP) is 1.67. The van der Waals surface area contributed by atoms with Gasteiger partial charge in [0, 0.05) is 12.7 Å². The Morgan fingerprint density at radius 2 is 2.05 bits per heavy atom. The summed E-state index contributed by atoms with van der Waals surface area (Å²) in [6.07, 6.45) is 0.629. The summed E-state index contributed by atoms with van der Waals surface area (Å²) < 4.78 is 1.75. The molecule has 19 heavy (non-hydrogen) atoms.